The monoisotopic (exact) mass is 540 g/mol. The van der Waals surface area contributed by atoms with Gasteiger partial charge in [-0.3, -0.25) is 9.05 Å². The maximum Gasteiger partial charge on any atom is 0.530 e. The van der Waals surface area contributed by atoms with Crippen LogP contribution in [0.4, 0.5) is 0 Å². The van der Waals surface area contributed by atoms with Gasteiger partial charge in [-0.05, 0) is 80.8 Å². The van der Waals surface area contributed by atoms with Crippen LogP contribution in [0.15, 0.2) is 83.5 Å². The Labute approximate surface area is 211 Å². The lowest BCUT2D eigenvalue weighted by atomic mass is 9.99. The molecule has 0 bridgehead atoms. The first-order valence-corrected chi connectivity index (χ1v) is 16.8. The first-order chi connectivity index (χ1) is 16.5. The molecule has 2 aromatic rings. The third kappa shape index (κ3) is 8.60. The molecule has 0 atom stereocenters. The Kier molecular flexibility index (Phi) is 10.8. The minimum Gasteiger partial charge on any atom is -0.428 e. The van der Waals surface area contributed by atoms with Crippen molar-refractivity contribution in [3.63, 3.8) is 0 Å². The molecule has 0 fully saturated rings. The van der Waals surface area contributed by atoms with Crippen LogP contribution in [0.1, 0.15) is 39.5 Å². The van der Waals surface area contributed by atoms with E-state index in [0.29, 0.717) is 17.3 Å². The molecule has 0 N–H and O–H groups in total. The highest BCUT2D eigenvalue weighted by Gasteiger charge is 2.31. The summed E-state index contributed by atoms with van der Waals surface area (Å²) in [5.41, 5.74) is -2.03. The summed E-state index contributed by atoms with van der Waals surface area (Å²) in [7, 11) is -3.78. The predicted molar refractivity (Wildman–Crippen MR) is 143 cm³/mol. The van der Waals surface area contributed by atoms with E-state index in [1.807, 2.05) is 60.7 Å². The van der Waals surface area contributed by atoms with Gasteiger partial charge in [-0.1, -0.05) is 42.5 Å². The molecular formula is C24H30O6P2S2. The van der Waals surface area contributed by atoms with Gasteiger partial charge in [0.15, 0.2) is 0 Å². The number of hydrogen-bond donors (Lipinski definition) is 0. The average molecular weight is 541 g/mol. The normalized spacial score (nSPS) is 14.9. The second-order valence-corrected chi connectivity index (χ2v) is 14.7. The van der Waals surface area contributed by atoms with E-state index in [0.717, 1.165) is 31.3 Å². The highest BCUT2D eigenvalue weighted by Crippen LogP contribution is 2.62. The van der Waals surface area contributed by atoms with E-state index in [2.05, 4.69) is 6.08 Å². The molecule has 1 aliphatic rings. The van der Waals surface area contributed by atoms with Crippen LogP contribution in [0.5, 0.6) is 11.5 Å². The number of benzene rings is 2. The van der Waals surface area contributed by atoms with Crippen LogP contribution in [0.25, 0.3) is 0 Å². The summed E-state index contributed by atoms with van der Waals surface area (Å²) in [5, 5.41) is 1.73. The van der Waals surface area contributed by atoms with Gasteiger partial charge in [-0.25, -0.2) is 4.57 Å². The third-order valence-electron chi connectivity index (χ3n) is 4.60. The molecule has 0 unspecified atom stereocenters. The summed E-state index contributed by atoms with van der Waals surface area (Å²) in [6.07, 6.45) is 5.93. The van der Waals surface area contributed by atoms with Gasteiger partial charge >= 0.3 is 13.5 Å². The van der Waals surface area contributed by atoms with E-state index >= 15 is 0 Å². The van der Waals surface area contributed by atoms with Gasteiger partial charge in [-0.15, -0.1) is 0 Å². The summed E-state index contributed by atoms with van der Waals surface area (Å²) in [6.45, 7) is 3.88. The quantitative estimate of drug-likeness (QED) is 0.185. The molecule has 184 valence electrons. The highest BCUT2D eigenvalue weighted by atomic mass is 32.9. The Bertz CT molecular complexity index is 1000. The zero-order valence-corrected chi connectivity index (χ0v) is 22.8. The van der Waals surface area contributed by atoms with Crippen LogP contribution in [-0.4, -0.2) is 13.2 Å². The Morgan fingerprint density at radius 3 is 1.97 bits per heavy atom. The van der Waals surface area contributed by atoms with E-state index in [1.54, 1.807) is 19.3 Å². The topological polar surface area (TPSA) is 63.2 Å². The summed E-state index contributed by atoms with van der Waals surface area (Å²) in [5.74, 6) is 1.63. The molecule has 0 aliphatic heterocycles. The second kappa shape index (κ2) is 13.5. The Hall–Kier alpha value is -1.53. The molecule has 0 spiro atoms. The zero-order valence-electron chi connectivity index (χ0n) is 19.3. The van der Waals surface area contributed by atoms with Crippen molar-refractivity contribution in [2.45, 2.75) is 39.5 Å². The van der Waals surface area contributed by atoms with Gasteiger partial charge in [0.05, 0.1) is 13.2 Å². The van der Waals surface area contributed by atoms with Gasteiger partial charge < -0.3 is 13.6 Å². The van der Waals surface area contributed by atoms with Gasteiger partial charge in [0.25, 0.3) is 0 Å². The Morgan fingerprint density at radius 1 is 0.941 bits per heavy atom. The number of para-hydroxylation sites is 2. The first-order valence-electron chi connectivity index (χ1n) is 11.2. The van der Waals surface area contributed by atoms with E-state index in [-0.39, 0.29) is 13.2 Å². The minimum absolute atomic E-state index is 0.197. The Morgan fingerprint density at radius 2 is 1.50 bits per heavy atom. The summed E-state index contributed by atoms with van der Waals surface area (Å²) in [6, 6.07) is 18.6. The van der Waals surface area contributed by atoms with Gasteiger partial charge in [0.1, 0.15) is 17.3 Å². The number of allylic oxidation sites excluding steroid dienone is 2. The number of phosphoric ester groups is 1. The first kappa shape index (κ1) is 27.1. The van der Waals surface area contributed by atoms with Crippen molar-refractivity contribution in [2.24, 2.45) is 0 Å². The van der Waals surface area contributed by atoms with Crippen LogP contribution in [0.3, 0.4) is 0 Å². The molecule has 6 nitrogen and oxygen atoms in total. The van der Waals surface area contributed by atoms with Gasteiger partial charge in [-0.2, -0.15) is 0 Å². The molecule has 10 heteroatoms. The molecule has 3 rings (SSSR count). The molecule has 0 heterocycles. The Balaban J connectivity index is 1.92. The van der Waals surface area contributed by atoms with Crippen LogP contribution in [0.2, 0.25) is 0 Å². The standard InChI is InChI=1S/C24H30O6P2S2/c1-3-26-31(25,27-4-2)30-24(21-14-8-5-9-15-21)20-34-32(33,28-22-16-10-6-11-17-22)29-23-18-12-7-13-19-23/h6-7,10-14,16-20H,3-5,8-9,15H2,1-2H3/b24-20-. The molecule has 0 aromatic heterocycles. The summed E-state index contributed by atoms with van der Waals surface area (Å²) >= 11 is 7.12. The fourth-order valence-corrected chi connectivity index (χ4v) is 8.09. The van der Waals surface area contributed by atoms with Gasteiger partial charge in [0, 0.05) is 17.2 Å². The maximum absolute atomic E-state index is 13.1. The van der Waals surface area contributed by atoms with E-state index in [1.165, 1.54) is 11.4 Å². The molecule has 2 aromatic carbocycles. The minimum atomic E-state index is -3.78. The van der Waals surface area contributed by atoms with Crippen molar-refractivity contribution in [1.29, 1.82) is 0 Å². The van der Waals surface area contributed by atoms with E-state index in [9.17, 15) is 4.57 Å². The van der Waals surface area contributed by atoms with Crippen molar-refractivity contribution in [3.8, 4) is 11.5 Å². The molecule has 0 radical (unpaired) electrons. The highest BCUT2D eigenvalue weighted by molar-refractivity contribution is 8.69. The fraction of sp³-hybridized carbons (Fsp3) is 0.333. The molecule has 1 aliphatic carbocycles. The number of rotatable bonds is 13. The maximum atomic E-state index is 13.1. The van der Waals surface area contributed by atoms with Crippen molar-refractivity contribution >= 4 is 36.7 Å². The number of hydrogen-bond acceptors (Lipinski definition) is 8. The number of phosphoric acid groups is 1. The average Bonchev–Trinajstić information content (AvgIpc) is 2.84. The van der Waals surface area contributed by atoms with Crippen LogP contribution in [-0.2, 0) is 29.9 Å². The molecule has 0 saturated carbocycles. The van der Waals surface area contributed by atoms with Crippen LogP contribution in [0, 0.1) is 0 Å². The van der Waals surface area contributed by atoms with Crippen molar-refractivity contribution in [1.82, 2.24) is 0 Å². The fourth-order valence-electron chi connectivity index (χ4n) is 3.14. The molecule has 34 heavy (non-hydrogen) atoms. The van der Waals surface area contributed by atoms with Gasteiger partial charge in [0.2, 0.25) is 0 Å². The lowest BCUT2D eigenvalue weighted by Crippen LogP contribution is -2.04. The lowest BCUT2D eigenvalue weighted by molar-refractivity contribution is 0.147. The van der Waals surface area contributed by atoms with E-state index in [4.69, 9.17) is 34.4 Å². The lowest BCUT2D eigenvalue weighted by Gasteiger charge is -2.24. The smallest absolute Gasteiger partial charge is 0.428 e. The van der Waals surface area contributed by atoms with Crippen LogP contribution < -0.4 is 9.05 Å². The second-order valence-electron chi connectivity index (χ2n) is 7.19. The largest absolute Gasteiger partial charge is 0.530 e. The third-order valence-corrected chi connectivity index (χ3v) is 10.4. The molecule has 0 saturated heterocycles. The van der Waals surface area contributed by atoms with Crippen molar-refractivity contribution in [2.75, 3.05) is 13.2 Å². The van der Waals surface area contributed by atoms with E-state index < -0.39 is 13.5 Å². The van der Waals surface area contributed by atoms with Crippen LogP contribution >= 0.6 is 24.9 Å². The summed E-state index contributed by atoms with van der Waals surface area (Å²) in [4.78, 5) is 0. The van der Waals surface area contributed by atoms with Crippen molar-refractivity contribution in [3.05, 3.63) is 83.5 Å². The summed E-state index contributed by atoms with van der Waals surface area (Å²) < 4.78 is 42.2. The predicted octanol–water partition coefficient (Wildman–Crippen LogP) is 8.64. The SMILES string of the molecule is CCOP(=O)(OCC)O/C(=C\SP(=S)(Oc1ccccc1)Oc1ccccc1)C1=CCCCC1. The van der Waals surface area contributed by atoms with Crippen molar-refractivity contribution < 1.29 is 27.2 Å². The zero-order chi connectivity index (χ0) is 24.3. The molecule has 0 amide bonds. The molecular weight excluding hydrogens is 510 g/mol.